The molecule has 3 nitrogen and oxygen atoms in total. The van der Waals surface area contributed by atoms with Crippen LogP contribution in [0.2, 0.25) is 5.02 Å². The van der Waals surface area contributed by atoms with Gasteiger partial charge in [0, 0.05) is 10.1 Å². The van der Waals surface area contributed by atoms with Crippen molar-refractivity contribution in [2.24, 2.45) is 5.73 Å². The molecule has 0 spiro atoms. The number of benzene rings is 2. The highest BCUT2D eigenvalue weighted by atomic mass is 127. The predicted octanol–water partition coefficient (Wildman–Crippen LogP) is 3.58. The molecule has 2 aromatic carbocycles. The molecule has 0 radical (unpaired) electrons. The Bertz CT molecular complexity index is 631. The zero-order valence-electron chi connectivity index (χ0n) is 10.7. The van der Waals surface area contributed by atoms with Crippen LogP contribution in [0.1, 0.15) is 11.1 Å². The van der Waals surface area contributed by atoms with Gasteiger partial charge in [0.1, 0.15) is 0 Å². The van der Waals surface area contributed by atoms with E-state index in [4.69, 9.17) is 17.3 Å². The van der Waals surface area contributed by atoms with Gasteiger partial charge < -0.3 is 11.1 Å². The molecule has 1 amide bonds. The molecule has 104 valence electrons. The van der Waals surface area contributed by atoms with Gasteiger partial charge in [0.25, 0.3) is 0 Å². The molecule has 20 heavy (non-hydrogen) atoms. The van der Waals surface area contributed by atoms with E-state index >= 15 is 0 Å². The van der Waals surface area contributed by atoms with Crippen LogP contribution in [0.25, 0.3) is 0 Å². The summed E-state index contributed by atoms with van der Waals surface area (Å²) in [5, 5.41) is 3.36. The van der Waals surface area contributed by atoms with Gasteiger partial charge in [-0.05, 0) is 51.9 Å². The molecule has 0 aliphatic carbocycles. The molecule has 0 atom stereocenters. The van der Waals surface area contributed by atoms with Gasteiger partial charge >= 0.3 is 0 Å². The number of halogens is 2. The number of hydrogen-bond donors (Lipinski definition) is 2. The van der Waals surface area contributed by atoms with E-state index in [0.717, 1.165) is 14.7 Å². The lowest BCUT2D eigenvalue weighted by Gasteiger charge is -2.10. The minimum Gasteiger partial charge on any atom is -0.326 e. The van der Waals surface area contributed by atoms with Crippen molar-refractivity contribution >= 4 is 45.8 Å². The smallest absolute Gasteiger partial charge is 0.228 e. The Morgan fingerprint density at radius 3 is 2.55 bits per heavy atom. The van der Waals surface area contributed by atoms with E-state index in [1.54, 1.807) is 6.07 Å². The van der Waals surface area contributed by atoms with Gasteiger partial charge in [-0.25, -0.2) is 0 Å². The Labute approximate surface area is 136 Å². The molecule has 3 N–H and O–H groups in total. The van der Waals surface area contributed by atoms with Gasteiger partial charge in [-0.15, -0.1) is 0 Å². The van der Waals surface area contributed by atoms with Crippen LogP contribution in [-0.2, 0) is 17.8 Å². The fourth-order valence-electron chi connectivity index (χ4n) is 1.89. The fourth-order valence-corrected chi connectivity index (χ4v) is 2.79. The lowest BCUT2D eigenvalue weighted by molar-refractivity contribution is -0.115. The minimum absolute atomic E-state index is 0.103. The fraction of sp³-hybridized carbons (Fsp3) is 0.133. The summed E-state index contributed by atoms with van der Waals surface area (Å²) in [6, 6.07) is 13.2. The van der Waals surface area contributed by atoms with Gasteiger partial charge in [-0.3, -0.25) is 4.79 Å². The van der Waals surface area contributed by atoms with E-state index < -0.39 is 0 Å². The minimum atomic E-state index is -0.103. The largest absolute Gasteiger partial charge is 0.326 e. The first-order chi connectivity index (χ1) is 9.60. The Hall–Kier alpha value is -1.11. The summed E-state index contributed by atoms with van der Waals surface area (Å²) in [6.45, 7) is 0.424. The number of hydrogen-bond acceptors (Lipinski definition) is 2. The molecular weight excluding hydrogens is 387 g/mol. The van der Waals surface area contributed by atoms with Gasteiger partial charge in [0.2, 0.25) is 5.91 Å². The first-order valence-electron chi connectivity index (χ1n) is 6.12. The van der Waals surface area contributed by atoms with Crippen molar-refractivity contribution < 1.29 is 4.79 Å². The zero-order valence-corrected chi connectivity index (χ0v) is 13.6. The molecular formula is C15H14ClIN2O. The van der Waals surface area contributed by atoms with Gasteiger partial charge in [0.15, 0.2) is 0 Å². The van der Waals surface area contributed by atoms with Gasteiger partial charge in [-0.1, -0.05) is 35.9 Å². The quantitative estimate of drug-likeness (QED) is 0.771. The molecule has 0 unspecified atom stereocenters. The molecule has 5 heteroatoms. The number of amides is 1. The first kappa shape index (κ1) is 15.3. The van der Waals surface area contributed by atoms with Crippen LogP contribution in [0.3, 0.4) is 0 Å². The summed E-state index contributed by atoms with van der Waals surface area (Å²) in [5.41, 5.74) is 8.21. The number of nitrogens with one attached hydrogen (secondary N) is 1. The van der Waals surface area contributed by atoms with Crippen LogP contribution in [0.5, 0.6) is 0 Å². The highest BCUT2D eigenvalue weighted by molar-refractivity contribution is 14.1. The van der Waals surface area contributed by atoms with E-state index in [1.807, 2.05) is 36.4 Å². The van der Waals surface area contributed by atoms with E-state index in [2.05, 4.69) is 27.9 Å². The van der Waals surface area contributed by atoms with Crippen molar-refractivity contribution in [2.45, 2.75) is 13.0 Å². The van der Waals surface area contributed by atoms with E-state index in [9.17, 15) is 4.79 Å². The van der Waals surface area contributed by atoms with Crippen LogP contribution >= 0.6 is 34.2 Å². The normalized spacial score (nSPS) is 10.3. The molecule has 2 aromatic rings. The monoisotopic (exact) mass is 400 g/mol. The summed E-state index contributed by atoms with van der Waals surface area (Å²) in [4.78, 5) is 12.1. The average Bonchev–Trinajstić information content (AvgIpc) is 2.42. The van der Waals surface area contributed by atoms with Crippen LogP contribution in [0.4, 0.5) is 5.69 Å². The Morgan fingerprint density at radius 1 is 1.20 bits per heavy atom. The average molecular weight is 401 g/mol. The van der Waals surface area contributed by atoms with Crippen LogP contribution < -0.4 is 11.1 Å². The lowest BCUT2D eigenvalue weighted by Crippen LogP contribution is -2.16. The summed E-state index contributed by atoms with van der Waals surface area (Å²) in [6.07, 6.45) is 0.287. The summed E-state index contributed by atoms with van der Waals surface area (Å²) >= 11 is 8.27. The predicted molar refractivity (Wildman–Crippen MR) is 90.8 cm³/mol. The van der Waals surface area contributed by atoms with Gasteiger partial charge in [0.05, 0.1) is 17.1 Å². The number of carbonyl (C=O) groups is 1. The van der Waals surface area contributed by atoms with Crippen LogP contribution in [0.15, 0.2) is 42.5 Å². The second-order valence-corrected chi connectivity index (χ2v) is 5.97. The lowest BCUT2D eigenvalue weighted by atomic mass is 10.0. The highest BCUT2D eigenvalue weighted by Crippen LogP contribution is 2.24. The van der Waals surface area contributed by atoms with Crippen molar-refractivity contribution in [3.8, 4) is 0 Å². The maximum Gasteiger partial charge on any atom is 0.228 e. The molecule has 0 bridgehead atoms. The maximum atomic E-state index is 12.1. The van der Waals surface area contributed by atoms with Crippen molar-refractivity contribution in [2.75, 3.05) is 5.32 Å². The zero-order chi connectivity index (χ0) is 14.5. The van der Waals surface area contributed by atoms with Crippen LogP contribution in [0, 0.1) is 3.57 Å². The molecule has 0 aromatic heterocycles. The van der Waals surface area contributed by atoms with E-state index in [0.29, 0.717) is 17.3 Å². The maximum absolute atomic E-state index is 12.1. The molecule has 0 heterocycles. The Morgan fingerprint density at radius 2 is 1.90 bits per heavy atom. The van der Waals surface area contributed by atoms with Crippen molar-refractivity contribution in [1.29, 1.82) is 0 Å². The van der Waals surface area contributed by atoms with Crippen molar-refractivity contribution in [1.82, 2.24) is 0 Å². The highest BCUT2D eigenvalue weighted by Gasteiger charge is 2.09. The van der Waals surface area contributed by atoms with Crippen molar-refractivity contribution in [3.63, 3.8) is 0 Å². The number of anilines is 1. The third kappa shape index (κ3) is 3.94. The third-order valence-corrected chi connectivity index (χ3v) is 3.88. The van der Waals surface area contributed by atoms with Crippen molar-refractivity contribution in [3.05, 3.63) is 62.2 Å². The Balaban J connectivity index is 2.09. The topological polar surface area (TPSA) is 55.1 Å². The summed E-state index contributed by atoms with van der Waals surface area (Å²) in [7, 11) is 0. The molecule has 0 saturated carbocycles. The number of nitrogens with two attached hydrogens (primary N) is 1. The third-order valence-electron chi connectivity index (χ3n) is 2.89. The number of rotatable bonds is 4. The Kier molecular flexibility index (Phi) is 5.39. The molecule has 0 aliphatic rings. The first-order valence-corrected chi connectivity index (χ1v) is 7.57. The second-order valence-electron chi connectivity index (χ2n) is 4.32. The molecule has 2 rings (SSSR count). The van der Waals surface area contributed by atoms with Crippen LogP contribution in [-0.4, -0.2) is 5.91 Å². The number of carbonyl (C=O) groups excluding carboxylic acids is 1. The summed E-state index contributed by atoms with van der Waals surface area (Å²) in [5.74, 6) is -0.103. The van der Waals surface area contributed by atoms with Gasteiger partial charge in [-0.2, -0.15) is 0 Å². The standard InChI is InChI=1S/C15H14ClIN2O/c16-13-8-12(17)5-6-14(13)19-15(20)7-10-3-1-2-4-11(10)9-18/h1-6,8H,7,9,18H2,(H,19,20). The molecule has 0 aliphatic heterocycles. The SMILES string of the molecule is NCc1ccccc1CC(=O)Nc1ccc(I)cc1Cl. The summed E-state index contributed by atoms with van der Waals surface area (Å²) < 4.78 is 1.03. The molecule has 0 fully saturated rings. The molecule has 0 saturated heterocycles. The van der Waals surface area contributed by atoms with E-state index in [1.165, 1.54) is 0 Å². The van der Waals surface area contributed by atoms with E-state index in [-0.39, 0.29) is 12.3 Å². The second kappa shape index (κ2) is 7.06.